The fraction of sp³-hybridized carbons (Fsp3) is 0.190. The first-order valence-corrected chi connectivity index (χ1v) is 9.83. The van der Waals surface area contributed by atoms with Gasteiger partial charge in [-0.2, -0.15) is 5.26 Å². The first-order valence-electron chi connectivity index (χ1n) is 8.95. The minimum atomic E-state index is -0.361. The number of anilines is 2. The maximum Gasteiger partial charge on any atom is 0.325 e. The predicted octanol–water partition coefficient (Wildman–Crippen LogP) is 5.50. The first-order chi connectivity index (χ1) is 13.7. The van der Waals surface area contributed by atoms with Crippen molar-refractivity contribution in [1.82, 2.24) is 4.98 Å². The third-order valence-corrected chi connectivity index (χ3v) is 4.67. The van der Waals surface area contributed by atoms with E-state index in [0.29, 0.717) is 23.0 Å². The number of amides is 2. The van der Waals surface area contributed by atoms with E-state index in [1.807, 2.05) is 29.6 Å². The number of ether oxygens (including phenoxy) is 1. The van der Waals surface area contributed by atoms with Crippen LogP contribution >= 0.6 is 11.3 Å². The molecule has 0 saturated carbocycles. The van der Waals surface area contributed by atoms with Gasteiger partial charge in [0.1, 0.15) is 5.75 Å². The van der Waals surface area contributed by atoms with Gasteiger partial charge in [0.2, 0.25) is 0 Å². The number of thiazole rings is 1. The SMILES string of the molecule is CCCCOc1ccc(NC(=O)Nc2nc(-c3ccc(C#N)cc3)cs2)cc1. The topological polar surface area (TPSA) is 87.0 Å². The molecule has 6 nitrogen and oxygen atoms in total. The molecule has 3 aromatic rings. The fourth-order valence-electron chi connectivity index (χ4n) is 2.41. The molecule has 0 fully saturated rings. The van der Waals surface area contributed by atoms with Gasteiger partial charge in [-0.1, -0.05) is 25.5 Å². The third-order valence-electron chi connectivity index (χ3n) is 3.91. The largest absolute Gasteiger partial charge is 0.494 e. The van der Waals surface area contributed by atoms with Crippen molar-refractivity contribution in [1.29, 1.82) is 5.26 Å². The van der Waals surface area contributed by atoms with E-state index in [1.165, 1.54) is 11.3 Å². The number of hydrogen-bond acceptors (Lipinski definition) is 5. The second kappa shape index (κ2) is 9.53. The number of nitriles is 1. The quantitative estimate of drug-likeness (QED) is 0.519. The second-order valence-corrected chi connectivity index (χ2v) is 6.89. The number of carbonyl (C=O) groups is 1. The maximum atomic E-state index is 12.2. The number of benzene rings is 2. The molecule has 0 aliphatic heterocycles. The van der Waals surface area contributed by atoms with E-state index in [4.69, 9.17) is 10.00 Å². The van der Waals surface area contributed by atoms with Crippen LogP contribution in [0.15, 0.2) is 53.9 Å². The summed E-state index contributed by atoms with van der Waals surface area (Å²) in [5.41, 5.74) is 2.91. The Kier molecular flexibility index (Phi) is 6.60. The zero-order valence-electron chi connectivity index (χ0n) is 15.4. The van der Waals surface area contributed by atoms with Gasteiger partial charge in [0.25, 0.3) is 0 Å². The first kappa shape index (κ1) is 19.4. The maximum absolute atomic E-state index is 12.2. The number of urea groups is 1. The molecule has 2 amide bonds. The number of nitrogens with zero attached hydrogens (tertiary/aromatic N) is 2. The number of carbonyl (C=O) groups excluding carboxylic acids is 1. The summed E-state index contributed by atoms with van der Waals surface area (Å²) in [6.07, 6.45) is 2.10. The van der Waals surface area contributed by atoms with Crippen LogP contribution < -0.4 is 15.4 Å². The Morgan fingerprint density at radius 2 is 1.89 bits per heavy atom. The zero-order valence-corrected chi connectivity index (χ0v) is 16.3. The summed E-state index contributed by atoms with van der Waals surface area (Å²) in [6.45, 7) is 2.81. The van der Waals surface area contributed by atoms with Gasteiger partial charge in [0.15, 0.2) is 5.13 Å². The van der Waals surface area contributed by atoms with Crippen molar-refractivity contribution < 1.29 is 9.53 Å². The highest BCUT2D eigenvalue weighted by Gasteiger charge is 2.08. The van der Waals surface area contributed by atoms with Crippen molar-refractivity contribution in [3.05, 3.63) is 59.5 Å². The Balaban J connectivity index is 1.55. The Bertz CT molecular complexity index is 959. The molecule has 1 heterocycles. The molecule has 0 spiro atoms. The molecule has 3 rings (SSSR count). The Hall–Kier alpha value is -3.37. The van der Waals surface area contributed by atoms with E-state index in [-0.39, 0.29) is 6.03 Å². The van der Waals surface area contributed by atoms with Crippen LogP contribution in [0.2, 0.25) is 0 Å². The lowest BCUT2D eigenvalue weighted by Crippen LogP contribution is -2.19. The summed E-state index contributed by atoms with van der Waals surface area (Å²) < 4.78 is 5.61. The molecule has 0 unspecified atom stereocenters. The summed E-state index contributed by atoms with van der Waals surface area (Å²) in [5.74, 6) is 0.784. The van der Waals surface area contributed by atoms with Gasteiger partial charge >= 0.3 is 6.03 Å². The lowest BCUT2D eigenvalue weighted by atomic mass is 10.1. The Labute approximate surface area is 167 Å². The van der Waals surface area contributed by atoms with Crippen molar-refractivity contribution in [2.45, 2.75) is 19.8 Å². The van der Waals surface area contributed by atoms with E-state index in [2.05, 4.69) is 28.6 Å². The number of unbranched alkanes of at least 4 members (excludes halogenated alkanes) is 1. The van der Waals surface area contributed by atoms with Crippen LogP contribution in [-0.4, -0.2) is 17.6 Å². The molecule has 0 saturated heterocycles. The Morgan fingerprint density at radius 1 is 1.14 bits per heavy atom. The lowest BCUT2D eigenvalue weighted by Gasteiger charge is -2.08. The molecule has 2 aromatic carbocycles. The predicted molar refractivity (Wildman–Crippen MR) is 112 cm³/mol. The fourth-order valence-corrected chi connectivity index (χ4v) is 3.12. The van der Waals surface area contributed by atoms with E-state index in [1.54, 1.807) is 24.3 Å². The summed E-state index contributed by atoms with van der Waals surface area (Å²) in [7, 11) is 0. The molecular formula is C21H20N4O2S. The average molecular weight is 392 g/mol. The zero-order chi connectivity index (χ0) is 19.8. The summed E-state index contributed by atoms with van der Waals surface area (Å²) in [4.78, 5) is 16.6. The smallest absolute Gasteiger partial charge is 0.325 e. The molecular weight excluding hydrogens is 372 g/mol. The van der Waals surface area contributed by atoms with E-state index < -0.39 is 0 Å². The van der Waals surface area contributed by atoms with Crippen molar-refractivity contribution in [3.8, 4) is 23.1 Å². The highest BCUT2D eigenvalue weighted by Crippen LogP contribution is 2.25. The molecule has 0 atom stereocenters. The molecule has 0 radical (unpaired) electrons. The third kappa shape index (κ3) is 5.32. The lowest BCUT2D eigenvalue weighted by molar-refractivity contribution is 0.262. The summed E-state index contributed by atoms with van der Waals surface area (Å²) in [6, 6.07) is 16.1. The molecule has 28 heavy (non-hydrogen) atoms. The van der Waals surface area contributed by atoms with Gasteiger partial charge in [-0.25, -0.2) is 9.78 Å². The minimum absolute atomic E-state index is 0.361. The number of hydrogen-bond donors (Lipinski definition) is 2. The van der Waals surface area contributed by atoms with Crippen molar-refractivity contribution in [2.24, 2.45) is 0 Å². The molecule has 142 valence electrons. The molecule has 0 bridgehead atoms. The van der Waals surface area contributed by atoms with Gasteiger partial charge in [-0.3, -0.25) is 5.32 Å². The van der Waals surface area contributed by atoms with Crippen LogP contribution in [0.5, 0.6) is 5.75 Å². The van der Waals surface area contributed by atoms with Crippen LogP contribution in [0, 0.1) is 11.3 Å². The molecule has 0 aliphatic carbocycles. The second-order valence-electron chi connectivity index (χ2n) is 6.03. The summed E-state index contributed by atoms with van der Waals surface area (Å²) >= 11 is 1.34. The number of aromatic nitrogens is 1. The van der Waals surface area contributed by atoms with Gasteiger partial charge in [0, 0.05) is 16.6 Å². The standard InChI is InChI=1S/C21H20N4O2S/c1-2-3-12-27-18-10-8-17(9-11-18)23-20(26)25-21-24-19(14-28-21)16-6-4-15(13-22)5-7-16/h4-11,14H,2-3,12H2,1H3,(H2,23,24,25,26). The van der Waals surface area contributed by atoms with Crippen LogP contribution in [0.25, 0.3) is 11.3 Å². The van der Waals surface area contributed by atoms with Gasteiger partial charge in [0.05, 0.1) is 23.9 Å². The molecule has 1 aromatic heterocycles. The normalized spacial score (nSPS) is 10.1. The van der Waals surface area contributed by atoms with E-state index in [0.717, 1.165) is 29.8 Å². The van der Waals surface area contributed by atoms with E-state index in [9.17, 15) is 4.79 Å². The highest BCUT2D eigenvalue weighted by molar-refractivity contribution is 7.14. The van der Waals surface area contributed by atoms with Crippen LogP contribution in [0.3, 0.4) is 0 Å². The van der Waals surface area contributed by atoms with Crippen molar-refractivity contribution in [3.63, 3.8) is 0 Å². The molecule has 2 N–H and O–H groups in total. The van der Waals surface area contributed by atoms with Gasteiger partial charge in [-0.05, 0) is 42.8 Å². The highest BCUT2D eigenvalue weighted by atomic mass is 32.1. The van der Waals surface area contributed by atoms with Gasteiger partial charge < -0.3 is 10.1 Å². The Morgan fingerprint density at radius 3 is 2.57 bits per heavy atom. The minimum Gasteiger partial charge on any atom is -0.494 e. The van der Waals surface area contributed by atoms with Crippen LogP contribution in [-0.2, 0) is 0 Å². The number of rotatable bonds is 7. The number of nitrogens with one attached hydrogen (secondary N) is 2. The van der Waals surface area contributed by atoms with Crippen molar-refractivity contribution in [2.75, 3.05) is 17.2 Å². The van der Waals surface area contributed by atoms with E-state index >= 15 is 0 Å². The molecule has 7 heteroatoms. The summed E-state index contributed by atoms with van der Waals surface area (Å²) in [5, 5.41) is 16.7. The molecule has 0 aliphatic rings. The van der Waals surface area contributed by atoms with Crippen molar-refractivity contribution >= 4 is 28.2 Å². The van der Waals surface area contributed by atoms with Gasteiger partial charge in [-0.15, -0.1) is 11.3 Å². The average Bonchev–Trinajstić information content (AvgIpc) is 3.18. The monoisotopic (exact) mass is 392 g/mol. The van der Waals surface area contributed by atoms with Crippen LogP contribution in [0.4, 0.5) is 15.6 Å². The van der Waals surface area contributed by atoms with Crippen LogP contribution in [0.1, 0.15) is 25.3 Å².